The second-order valence-electron chi connectivity index (χ2n) is 4.05. The molecule has 2 aliphatic rings. The highest BCUT2D eigenvalue weighted by molar-refractivity contribution is 8.22. The van der Waals surface area contributed by atoms with Crippen molar-refractivity contribution in [2.24, 2.45) is 5.92 Å². The fraction of sp³-hybridized carbons (Fsp3) is 0.727. The quantitative estimate of drug-likeness (QED) is 0.767. The lowest BCUT2D eigenvalue weighted by atomic mass is 9.87. The van der Waals surface area contributed by atoms with Crippen LogP contribution in [0.15, 0.2) is 9.81 Å². The molecule has 1 aliphatic carbocycles. The van der Waals surface area contributed by atoms with Gasteiger partial charge in [0.2, 0.25) is 0 Å². The van der Waals surface area contributed by atoms with Gasteiger partial charge in [-0.1, -0.05) is 5.57 Å². The van der Waals surface area contributed by atoms with Gasteiger partial charge in [-0.2, -0.15) is 0 Å². The molecule has 2 nitrogen and oxygen atoms in total. The van der Waals surface area contributed by atoms with E-state index in [9.17, 15) is 4.79 Å². The zero-order valence-corrected chi connectivity index (χ0v) is 10.3. The van der Waals surface area contributed by atoms with Crippen molar-refractivity contribution in [1.29, 1.82) is 0 Å². The molecule has 0 aromatic heterocycles. The van der Waals surface area contributed by atoms with Crippen molar-refractivity contribution < 1.29 is 9.90 Å². The van der Waals surface area contributed by atoms with Crippen LogP contribution in [-0.4, -0.2) is 22.6 Å². The fourth-order valence-corrected chi connectivity index (χ4v) is 4.83. The van der Waals surface area contributed by atoms with Gasteiger partial charge in [-0.05, 0) is 43.6 Å². The average Bonchev–Trinajstić information content (AvgIpc) is 2.30. The van der Waals surface area contributed by atoms with Gasteiger partial charge < -0.3 is 5.11 Å². The van der Waals surface area contributed by atoms with Gasteiger partial charge in [0.15, 0.2) is 0 Å². The van der Waals surface area contributed by atoms with Crippen LogP contribution in [0.4, 0.5) is 0 Å². The topological polar surface area (TPSA) is 37.3 Å². The van der Waals surface area contributed by atoms with E-state index in [1.165, 1.54) is 27.7 Å². The van der Waals surface area contributed by atoms with Gasteiger partial charge in [-0.3, -0.25) is 4.79 Å². The Labute approximate surface area is 98.9 Å². The Hall–Kier alpha value is -0.0900. The Bertz CT molecular complexity index is 268. The second-order valence-corrected chi connectivity index (χ2v) is 6.52. The molecule has 0 bridgehead atoms. The fourth-order valence-electron chi connectivity index (χ4n) is 2.05. The van der Waals surface area contributed by atoms with E-state index in [-0.39, 0.29) is 5.92 Å². The molecule has 1 aliphatic heterocycles. The number of aliphatic carboxylic acids is 1. The third-order valence-electron chi connectivity index (χ3n) is 2.98. The Morgan fingerprint density at radius 2 is 1.80 bits per heavy atom. The summed E-state index contributed by atoms with van der Waals surface area (Å²) in [5.74, 6) is 1.79. The van der Waals surface area contributed by atoms with Gasteiger partial charge in [-0.15, -0.1) is 23.5 Å². The number of rotatable bonds is 1. The average molecular weight is 244 g/mol. The zero-order valence-electron chi connectivity index (χ0n) is 8.70. The predicted molar refractivity (Wildman–Crippen MR) is 66.2 cm³/mol. The molecule has 0 spiro atoms. The number of thioether (sulfide) groups is 2. The monoisotopic (exact) mass is 244 g/mol. The highest BCUT2D eigenvalue weighted by Crippen LogP contribution is 2.42. The third-order valence-corrected chi connectivity index (χ3v) is 5.78. The first-order valence-corrected chi connectivity index (χ1v) is 7.45. The standard InChI is InChI=1S/C11H16O2S2/c12-10(13)8-2-4-9(5-3-8)11-14-6-1-7-15-11/h8H,1-7H2,(H,12,13). The van der Waals surface area contributed by atoms with Crippen molar-refractivity contribution >= 4 is 29.5 Å². The molecular formula is C11H16O2S2. The van der Waals surface area contributed by atoms with E-state index in [0.717, 1.165) is 25.7 Å². The van der Waals surface area contributed by atoms with Gasteiger partial charge in [0.25, 0.3) is 0 Å². The first kappa shape index (κ1) is 11.4. The summed E-state index contributed by atoms with van der Waals surface area (Å²) in [6, 6.07) is 0. The lowest BCUT2D eigenvalue weighted by molar-refractivity contribution is -0.142. The summed E-state index contributed by atoms with van der Waals surface area (Å²) in [6.07, 6.45) is 5.01. The minimum Gasteiger partial charge on any atom is -0.481 e. The highest BCUT2D eigenvalue weighted by atomic mass is 32.2. The molecular weight excluding hydrogens is 228 g/mol. The van der Waals surface area contributed by atoms with E-state index in [1.54, 1.807) is 0 Å². The molecule has 0 unspecified atom stereocenters. The molecule has 4 heteroatoms. The van der Waals surface area contributed by atoms with Crippen LogP contribution in [0.1, 0.15) is 32.1 Å². The van der Waals surface area contributed by atoms with Gasteiger partial charge in [0.05, 0.1) is 5.92 Å². The summed E-state index contributed by atoms with van der Waals surface area (Å²) in [5, 5.41) is 8.91. The molecule has 0 radical (unpaired) electrons. The van der Waals surface area contributed by atoms with Crippen LogP contribution in [0, 0.1) is 5.92 Å². The molecule has 1 saturated carbocycles. The minimum absolute atomic E-state index is 0.0899. The van der Waals surface area contributed by atoms with Crippen LogP contribution in [0.3, 0.4) is 0 Å². The maximum atomic E-state index is 10.8. The van der Waals surface area contributed by atoms with Crippen molar-refractivity contribution in [2.75, 3.05) is 11.5 Å². The normalized spacial score (nSPS) is 27.9. The van der Waals surface area contributed by atoms with E-state index in [4.69, 9.17) is 5.11 Å². The van der Waals surface area contributed by atoms with Gasteiger partial charge in [-0.25, -0.2) is 0 Å². The molecule has 15 heavy (non-hydrogen) atoms. The van der Waals surface area contributed by atoms with Crippen LogP contribution in [0.5, 0.6) is 0 Å². The third kappa shape index (κ3) is 2.94. The lowest BCUT2D eigenvalue weighted by Gasteiger charge is -2.24. The number of allylic oxidation sites excluding steroid dienone is 1. The van der Waals surface area contributed by atoms with Crippen LogP contribution < -0.4 is 0 Å². The van der Waals surface area contributed by atoms with E-state index >= 15 is 0 Å². The number of carbonyl (C=O) groups is 1. The van der Waals surface area contributed by atoms with Crippen LogP contribution in [0.2, 0.25) is 0 Å². The zero-order chi connectivity index (χ0) is 10.7. The summed E-state index contributed by atoms with van der Waals surface area (Å²) in [4.78, 5) is 10.8. The van der Waals surface area contributed by atoms with Crippen LogP contribution >= 0.6 is 23.5 Å². The number of carboxylic acids is 1. The van der Waals surface area contributed by atoms with Gasteiger partial charge in [0, 0.05) is 4.24 Å². The smallest absolute Gasteiger partial charge is 0.306 e. The van der Waals surface area contributed by atoms with Crippen molar-refractivity contribution in [3.8, 4) is 0 Å². The summed E-state index contributed by atoms with van der Waals surface area (Å²) < 4.78 is 1.50. The Morgan fingerprint density at radius 1 is 1.20 bits per heavy atom. The molecule has 1 heterocycles. The molecule has 2 fully saturated rings. The minimum atomic E-state index is -0.608. The summed E-state index contributed by atoms with van der Waals surface area (Å²) in [7, 11) is 0. The Balaban J connectivity index is 1.94. The first-order chi connectivity index (χ1) is 7.27. The van der Waals surface area contributed by atoms with E-state index in [0.29, 0.717) is 0 Å². The molecule has 0 amide bonds. The van der Waals surface area contributed by atoms with Crippen molar-refractivity contribution in [3.05, 3.63) is 9.81 Å². The van der Waals surface area contributed by atoms with Crippen molar-refractivity contribution in [3.63, 3.8) is 0 Å². The molecule has 84 valence electrons. The van der Waals surface area contributed by atoms with Gasteiger partial charge in [0.1, 0.15) is 0 Å². The molecule has 1 N–H and O–H groups in total. The first-order valence-electron chi connectivity index (χ1n) is 5.48. The SMILES string of the molecule is O=C(O)C1CCC(=C2SCCCS2)CC1. The number of hydrogen-bond acceptors (Lipinski definition) is 3. The summed E-state index contributed by atoms with van der Waals surface area (Å²) >= 11 is 3.95. The Morgan fingerprint density at radius 3 is 2.33 bits per heavy atom. The maximum Gasteiger partial charge on any atom is 0.306 e. The largest absolute Gasteiger partial charge is 0.481 e. The van der Waals surface area contributed by atoms with Crippen LogP contribution in [-0.2, 0) is 4.79 Å². The molecule has 2 rings (SSSR count). The maximum absolute atomic E-state index is 10.8. The second kappa shape index (κ2) is 5.30. The summed E-state index contributed by atoms with van der Waals surface area (Å²) in [6.45, 7) is 0. The number of hydrogen-bond donors (Lipinski definition) is 1. The molecule has 0 aromatic rings. The van der Waals surface area contributed by atoms with Crippen molar-refractivity contribution in [1.82, 2.24) is 0 Å². The molecule has 0 aromatic carbocycles. The number of carboxylic acid groups (broad SMARTS) is 1. The van der Waals surface area contributed by atoms with E-state index < -0.39 is 5.97 Å². The van der Waals surface area contributed by atoms with Gasteiger partial charge >= 0.3 is 5.97 Å². The van der Waals surface area contributed by atoms with E-state index in [2.05, 4.69) is 0 Å². The summed E-state index contributed by atoms with van der Waals surface area (Å²) in [5.41, 5.74) is 1.53. The predicted octanol–water partition coefficient (Wildman–Crippen LogP) is 3.34. The highest BCUT2D eigenvalue weighted by Gasteiger charge is 2.24. The molecule has 0 atom stereocenters. The van der Waals surface area contributed by atoms with Crippen molar-refractivity contribution in [2.45, 2.75) is 32.1 Å². The lowest BCUT2D eigenvalue weighted by Crippen LogP contribution is -2.18. The molecule has 1 saturated heterocycles. The van der Waals surface area contributed by atoms with Crippen LogP contribution in [0.25, 0.3) is 0 Å². The van der Waals surface area contributed by atoms with E-state index in [1.807, 2.05) is 23.5 Å². The Kier molecular flexibility index (Phi) is 4.03.